The lowest BCUT2D eigenvalue weighted by molar-refractivity contribution is -0.116. The molecule has 1 aliphatic carbocycles. The predicted molar refractivity (Wildman–Crippen MR) is 113 cm³/mol. The normalized spacial score (nSPS) is 18.1. The van der Waals surface area contributed by atoms with Crippen molar-refractivity contribution in [1.29, 1.82) is 0 Å². The lowest BCUT2D eigenvalue weighted by Crippen LogP contribution is -2.31. The van der Waals surface area contributed by atoms with Gasteiger partial charge in [-0.05, 0) is 43.0 Å². The molecule has 1 atom stereocenters. The van der Waals surface area contributed by atoms with E-state index in [9.17, 15) is 4.79 Å². The summed E-state index contributed by atoms with van der Waals surface area (Å²) in [5.74, 6) is 1.97. The van der Waals surface area contributed by atoms with Crippen molar-refractivity contribution in [1.82, 2.24) is 9.78 Å². The summed E-state index contributed by atoms with van der Waals surface area (Å²) in [4.78, 5) is 12.9. The van der Waals surface area contributed by atoms with Crippen molar-refractivity contribution in [2.24, 2.45) is 0 Å². The van der Waals surface area contributed by atoms with Gasteiger partial charge in [0.1, 0.15) is 17.6 Å². The van der Waals surface area contributed by atoms with E-state index in [2.05, 4.69) is 17.4 Å². The largest absolute Gasteiger partial charge is 0.497 e. The summed E-state index contributed by atoms with van der Waals surface area (Å²) < 4.78 is 7.31. The molecule has 0 unspecified atom stereocenters. The fraction of sp³-hybridized carbons (Fsp3) is 0.250. The number of benzene rings is 2. The Morgan fingerprint density at radius 1 is 1.07 bits per heavy atom. The summed E-state index contributed by atoms with van der Waals surface area (Å²) in [7, 11) is 1.66. The molecule has 2 heterocycles. The fourth-order valence-electron chi connectivity index (χ4n) is 4.47. The van der Waals surface area contributed by atoms with Crippen molar-refractivity contribution in [2.45, 2.75) is 32.2 Å². The molecule has 5 nitrogen and oxygen atoms in total. The number of aryl methyl sites for hydroxylation is 1. The molecule has 0 fully saturated rings. The number of methoxy groups -OCH3 is 1. The van der Waals surface area contributed by atoms with Gasteiger partial charge in [0, 0.05) is 23.3 Å². The Bertz CT molecular complexity index is 1110. The van der Waals surface area contributed by atoms with E-state index in [1.54, 1.807) is 7.11 Å². The molecule has 1 aromatic heterocycles. The molecule has 0 saturated heterocycles. The van der Waals surface area contributed by atoms with Crippen molar-refractivity contribution in [2.75, 3.05) is 12.4 Å². The first kappa shape index (κ1) is 17.7. The number of rotatable bonds is 3. The van der Waals surface area contributed by atoms with Gasteiger partial charge in [0.05, 0.1) is 12.8 Å². The maximum atomic E-state index is 12.9. The summed E-state index contributed by atoms with van der Waals surface area (Å²) in [5.41, 5.74) is 6.08. The monoisotopic (exact) mass is 385 g/mol. The molecule has 29 heavy (non-hydrogen) atoms. The molecule has 5 heteroatoms. The minimum absolute atomic E-state index is 0.208. The smallest absolute Gasteiger partial charge is 0.163 e. The van der Waals surface area contributed by atoms with Gasteiger partial charge < -0.3 is 10.1 Å². The number of aromatic nitrogens is 2. The molecule has 0 radical (unpaired) electrons. The number of hydrogen-bond donors (Lipinski definition) is 1. The van der Waals surface area contributed by atoms with Crippen molar-refractivity contribution in [3.63, 3.8) is 0 Å². The Kier molecular flexibility index (Phi) is 4.23. The highest BCUT2D eigenvalue weighted by Crippen LogP contribution is 2.45. The number of hydrogen-bond acceptors (Lipinski definition) is 4. The number of anilines is 1. The highest BCUT2D eigenvalue weighted by molar-refractivity contribution is 6.00. The van der Waals surface area contributed by atoms with Crippen molar-refractivity contribution in [3.05, 3.63) is 77.1 Å². The number of nitrogens with one attached hydrogen (secondary N) is 1. The van der Waals surface area contributed by atoms with Crippen LogP contribution in [0.5, 0.6) is 5.75 Å². The van der Waals surface area contributed by atoms with E-state index in [1.807, 2.05) is 54.1 Å². The third kappa shape index (κ3) is 2.85. The highest BCUT2D eigenvalue weighted by atomic mass is 16.5. The zero-order chi connectivity index (χ0) is 20.0. The topological polar surface area (TPSA) is 56.1 Å². The SMILES string of the molecule is COc1ccc([C@@H]2C3=C(CCCC3=O)Nc3c(-c4ccccc4)c(C)nn32)cc1. The van der Waals surface area contributed by atoms with Crippen molar-refractivity contribution < 1.29 is 9.53 Å². The van der Waals surface area contributed by atoms with Gasteiger partial charge in [-0.3, -0.25) is 4.79 Å². The molecule has 2 aliphatic rings. The second-order valence-electron chi connectivity index (χ2n) is 7.59. The molecule has 0 amide bonds. The van der Waals surface area contributed by atoms with Gasteiger partial charge in [0.15, 0.2) is 5.78 Å². The van der Waals surface area contributed by atoms with Gasteiger partial charge in [0.2, 0.25) is 0 Å². The van der Waals surface area contributed by atoms with Crippen LogP contribution in [0, 0.1) is 6.92 Å². The summed E-state index contributed by atoms with van der Waals surface area (Å²) in [5, 5.41) is 8.46. The molecule has 0 bridgehead atoms. The van der Waals surface area contributed by atoms with E-state index in [0.717, 1.165) is 58.1 Å². The van der Waals surface area contributed by atoms with Crippen LogP contribution in [0.3, 0.4) is 0 Å². The van der Waals surface area contributed by atoms with Crippen LogP contribution in [0.2, 0.25) is 0 Å². The van der Waals surface area contributed by atoms with E-state index in [4.69, 9.17) is 9.84 Å². The number of carbonyl (C=O) groups is 1. The molecule has 2 aromatic carbocycles. The van der Waals surface area contributed by atoms with Crippen LogP contribution >= 0.6 is 0 Å². The van der Waals surface area contributed by atoms with Gasteiger partial charge in [0.25, 0.3) is 0 Å². The van der Waals surface area contributed by atoms with Crippen LogP contribution in [0.15, 0.2) is 65.9 Å². The maximum Gasteiger partial charge on any atom is 0.163 e. The van der Waals surface area contributed by atoms with Gasteiger partial charge >= 0.3 is 0 Å². The van der Waals surface area contributed by atoms with E-state index >= 15 is 0 Å². The second kappa shape index (κ2) is 6.92. The lowest BCUT2D eigenvalue weighted by atomic mass is 9.85. The zero-order valence-electron chi connectivity index (χ0n) is 16.6. The number of ether oxygens (including phenoxy) is 1. The second-order valence-corrected chi connectivity index (χ2v) is 7.59. The van der Waals surface area contributed by atoms with Gasteiger partial charge in [-0.2, -0.15) is 5.10 Å². The molecule has 5 rings (SSSR count). The van der Waals surface area contributed by atoms with E-state index in [-0.39, 0.29) is 11.8 Å². The number of allylic oxidation sites excluding steroid dienone is 2. The Morgan fingerprint density at radius 2 is 1.83 bits per heavy atom. The number of fused-ring (bicyclic) bond motifs is 1. The van der Waals surface area contributed by atoms with E-state index in [0.29, 0.717) is 6.42 Å². The van der Waals surface area contributed by atoms with Crippen LogP contribution in [0.1, 0.15) is 36.6 Å². The molecule has 0 spiro atoms. The minimum Gasteiger partial charge on any atom is -0.497 e. The van der Waals surface area contributed by atoms with Crippen LogP contribution in [0.4, 0.5) is 5.82 Å². The fourth-order valence-corrected chi connectivity index (χ4v) is 4.47. The highest BCUT2D eigenvalue weighted by Gasteiger charge is 2.37. The van der Waals surface area contributed by atoms with Crippen LogP contribution < -0.4 is 10.1 Å². The van der Waals surface area contributed by atoms with Crippen molar-refractivity contribution in [3.8, 4) is 16.9 Å². The number of carbonyl (C=O) groups excluding carboxylic acids is 1. The summed E-state index contributed by atoms with van der Waals surface area (Å²) in [6.45, 7) is 2.03. The maximum absolute atomic E-state index is 12.9. The number of ketones is 1. The molecule has 1 aliphatic heterocycles. The molecular formula is C24H23N3O2. The average molecular weight is 385 g/mol. The first-order valence-corrected chi connectivity index (χ1v) is 9.99. The Labute approximate surface area is 170 Å². The lowest BCUT2D eigenvalue weighted by Gasteiger charge is -2.33. The summed E-state index contributed by atoms with van der Waals surface area (Å²) in [6, 6.07) is 18.0. The van der Waals surface area contributed by atoms with Gasteiger partial charge in [-0.1, -0.05) is 42.5 Å². The van der Waals surface area contributed by atoms with Gasteiger partial charge in [-0.15, -0.1) is 0 Å². The van der Waals surface area contributed by atoms with E-state index < -0.39 is 0 Å². The molecule has 0 saturated carbocycles. The molecule has 1 N–H and O–H groups in total. The molecule has 146 valence electrons. The third-order valence-corrected chi connectivity index (χ3v) is 5.82. The van der Waals surface area contributed by atoms with Crippen LogP contribution in [0.25, 0.3) is 11.1 Å². The van der Waals surface area contributed by atoms with Gasteiger partial charge in [-0.25, -0.2) is 4.68 Å². The third-order valence-electron chi connectivity index (χ3n) is 5.82. The Hall–Kier alpha value is -3.34. The zero-order valence-corrected chi connectivity index (χ0v) is 16.6. The Morgan fingerprint density at radius 3 is 2.55 bits per heavy atom. The first-order valence-electron chi connectivity index (χ1n) is 9.99. The summed E-state index contributed by atoms with van der Waals surface area (Å²) in [6.07, 6.45) is 2.36. The molecule has 3 aromatic rings. The average Bonchev–Trinajstić information content (AvgIpc) is 3.08. The van der Waals surface area contributed by atoms with E-state index in [1.165, 1.54) is 0 Å². The minimum atomic E-state index is -0.226. The first-order chi connectivity index (χ1) is 14.2. The Balaban J connectivity index is 1.72. The number of nitrogens with zero attached hydrogens (tertiary/aromatic N) is 2. The van der Waals surface area contributed by atoms with Crippen LogP contribution in [-0.4, -0.2) is 22.7 Å². The number of Topliss-reactive ketones (excluding diaryl/α,β-unsaturated/α-hetero) is 1. The molecular weight excluding hydrogens is 362 g/mol. The quantitative estimate of drug-likeness (QED) is 0.697. The standard InChI is InChI=1S/C24H23N3O2/c1-15-21(16-7-4-3-5-8-16)24-25-19-9-6-10-20(28)22(19)23(27(24)26-15)17-11-13-18(29-2)14-12-17/h3-5,7-8,11-14,23,25H,6,9-10H2,1-2H3/t23-/m1/s1. The summed E-state index contributed by atoms with van der Waals surface area (Å²) >= 11 is 0. The van der Waals surface area contributed by atoms with Crippen molar-refractivity contribution >= 4 is 11.6 Å². The van der Waals surface area contributed by atoms with Crippen LogP contribution in [-0.2, 0) is 4.79 Å². The predicted octanol–water partition coefficient (Wildman–Crippen LogP) is 4.89.